The minimum Gasteiger partial charge on any atom is -0.481 e. The molecule has 0 aliphatic carbocycles. The Kier molecular flexibility index (Phi) is 6.08. The number of hydrogen-bond acceptors (Lipinski definition) is 5. The van der Waals surface area contributed by atoms with E-state index in [1.165, 1.54) is 6.26 Å². The number of carbonyl (C=O) groups excluding carboxylic acids is 1. The molecule has 0 aromatic carbocycles. The van der Waals surface area contributed by atoms with Gasteiger partial charge in [-0.2, -0.15) is 0 Å². The first-order valence-corrected chi connectivity index (χ1v) is 9.36. The highest BCUT2D eigenvalue weighted by Gasteiger charge is 2.51. The molecule has 3 heterocycles. The van der Waals surface area contributed by atoms with Gasteiger partial charge in [0.05, 0.1) is 18.1 Å². The van der Waals surface area contributed by atoms with Crippen LogP contribution in [-0.2, 0) is 9.53 Å². The van der Waals surface area contributed by atoms with Crippen LogP contribution in [0.1, 0.15) is 67.7 Å². The van der Waals surface area contributed by atoms with Crippen LogP contribution in [0.5, 0.6) is 0 Å². The zero-order chi connectivity index (χ0) is 18.5. The number of carbonyl (C=O) groups is 2. The number of aliphatic carboxylic acids is 1. The number of fused-ring (bicyclic) bond motifs is 2. The Morgan fingerprint density at radius 1 is 1.35 bits per heavy atom. The number of nitrogens with one attached hydrogen (secondary N) is 1. The third-order valence-corrected chi connectivity index (χ3v) is 5.10. The normalized spacial score (nSPS) is 27.3. The molecule has 7 heteroatoms. The van der Waals surface area contributed by atoms with Gasteiger partial charge < -0.3 is 19.6 Å². The maximum absolute atomic E-state index is 12.0. The second kappa shape index (κ2) is 8.49. The first-order chi connectivity index (χ1) is 12.6. The van der Waals surface area contributed by atoms with E-state index in [-0.39, 0.29) is 36.4 Å². The molecule has 3 rings (SSSR count). The SMILES string of the molecule is CCCNC(=O)c1coc([C@H]2[C@@H](CC=CCCC(=O)O)[C@@H]3CC[C@H]2O3)n1. The van der Waals surface area contributed by atoms with Crippen molar-refractivity contribution in [1.29, 1.82) is 0 Å². The van der Waals surface area contributed by atoms with Crippen molar-refractivity contribution >= 4 is 11.9 Å². The van der Waals surface area contributed by atoms with E-state index in [1.807, 2.05) is 19.1 Å². The number of nitrogens with zero attached hydrogens (tertiary/aromatic N) is 1. The lowest BCUT2D eigenvalue weighted by Gasteiger charge is -2.24. The molecule has 0 radical (unpaired) electrons. The van der Waals surface area contributed by atoms with Crippen LogP contribution in [0.3, 0.4) is 0 Å². The van der Waals surface area contributed by atoms with Gasteiger partial charge in [0.25, 0.3) is 5.91 Å². The van der Waals surface area contributed by atoms with Gasteiger partial charge >= 0.3 is 5.97 Å². The molecule has 26 heavy (non-hydrogen) atoms. The molecule has 0 saturated carbocycles. The molecule has 1 aromatic rings. The van der Waals surface area contributed by atoms with E-state index < -0.39 is 5.97 Å². The molecule has 1 aromatic heterocycles. The maximum atomic E-state index is 12.0. The quantitative estimate of drug-likeness (QED) is 0.655. The zero-order valence-electron chi connectivity index (χ0n) is 15.0. The molecule has 1 amide bonds. The van der Waals surface area contributed by atoms with Gasteiger partial charge in [-0.1, -0.05) is 19.1 Å². The van der Waals surface area contributed by atoms with E-state index in [2.05, 4.69) is 10.3 Å². The molecule has 7 nitrogen and oxygen atoms in total. The molecule has 142 valence electrons. The smallest absolute Gasteiger partial charge is 0.303 e. The molecule has 0 spiro atoms. The molecular weight excluding hydrogens is 336 g/mol. The number of oxazole rings is 1. The molecule has 2 bridgehead atoms. The van der Waals surface area contributed by atoms with Crippen molar-refractivity contribution in [2.24, 2.45) is 5.92 Å². The standard InChI is InChI=1S/C19H26N2O5/c1-2-10-20-18(24)13-11-25-19(21-13)17-12(14-8-9-15(17)26-14)6-4-3-5-7-16(22)23/h3-4,11-12,14-15,17H,2,5-10H2,1H3,(H,20,24)(H,22,23)/t12-,14-,15+,17-/m0/s1. The van der Waals surface area contributed by atoms with Gasteiger partial charge in [0, 0.05) is 18.9 Å². The molecule has 2 aliphatic heterocycles. The second-order valence-corrected chi connectivity index (χ2v) is 6.95. The van der Waals surface area contributed by atoms with Gasteiger partial charge in [-0.3, -0.25) is 9.59 Å². The Labute approximate surface area is 152 Å². The highest BCUT2D eigenvalue weighted by atomic mass is 16.5. The summed E-state index contributed by atoms with van der Waals surface area (Å²) in [6, 6.07) is 0. The van der Waals surface area contributed by atoms with E-state index in [4.69, 9.17) is 14.3 Å². The van der Waals surface area contributed by atoms with Crippen molar-refractivity contribution in [3.05, 3.63) is 30.0 Å². The molecular formula is C19H26N2O5. The fourth-order valence-electron chi connectivity index (χ4n) is 3.87. The summed E-state index contributed by atoms with van der Waals surface area (Å²) in [5.74, 6) is -0.131. The van der Waals surface area contributed by atoms with Crippen molar-refractivity contribution in [3.63, 3.8) is 0 Å². The highest BCUT2D eigenvalue weighted by molar-refractivity contribution is 5.91. The van der Waals surface area contributed by atoms with Gasteiger partial charge in [0.2, 0.25) is 5.89 Å². The number of hydrogen-bond donors (Lipinski definition) is 2. The lowest BCUT2D eigenvalue weighted by molar-refractivity contribution is -0.136. The summed E-state index contributed by atoms with van der Waals surface area (Å²) in [6.45, 7) is 2.61. The fraction of sp³-hybridized carbons (Fsp3) is 0.632. The summed E-state index contributed by atoms with van der Waals surface area (Å²) in [6.07, 6.45) is 9.98. The van der Waals surface area contributed by atoms with E-state index in [0.29, 0.717) is 24.6 Å². The molecule has 2 aliphatic rings. The van der Waals surface area contributed by atoms with Gasteiger partial charge in [-0.25, -0.2) is 4.98 Å². The topological polar surface area (TPSA) is 102 Å². The Balaban J connectivity index is 1.64. The van der Waals surface area contributed by atoms with Crippen LogP contribution in [0.2, 0.25) is 0 Å². The number of amides is 1. The summed E-state index contributed by atoms with van der Waals surface area (Å²) in [4.78, 5) is 27.0. The van der Waals surface area contributed by atoms with Gasteiger partial charge in [0.15, 0.2) is 5.69 Å². The average molecular weight is 362 g/mol. The second-order valence-electron chi connectivity index (χ2n) is 6.95. The molecule has 4 atom stereocenters. The van der Waals surface area contributed by atoms with E-state index in [1.54, 1.807) is 0 Å². The van der Waals surface area contributed by atoms with Gasteiger partial charge in [0.1, 0.15) is 6.26 Å². The minimum atomic E-state index is -0.788. The molecule has 0 unspecified atom stereocenters. The van der Waals surface area contributed by atoms with Gasteiger partial charge in [-0.05, 0) is 32.1 Å². The highest BCUT2D eigenvalue weighted by Crippen LogP contribution is 2.50. The molecule has 2 saturated heterocycles. The number of rotatable bonds is 9. The third kappa shape index (κ3) is 4.15. The van der Waals surface area contributed by atoms with Crippen LogP contribution in [-0.4, -0.2) is 40.7 Å². The zero-order valence-corrected chi connectivity index (χ0v) is 15.0. The van der Waals surface area contributed by atoms with Crippen LogP contribution in [0.25, 0.3) is 0 Å². The Morgan fingerprint density at radius 2 is 2.15 bits per heavy atom. The number of allylic oxidation sites excluding steroid dienone is 2. The van der Waals surface area contributed by atoms with Crippen molar-refractivity contribution in [3.8, 4) is 0 Å². The lowest BCUT2D eigenvalue weighted by Crippen LogP contribution is -2.26. The first-order valence-electron chi connectivity index (χ1n) is 9.36. The van der Waals surface area contributed by atoms with E-state index in [9.17, 15) is 9.59 Å². The van der Waals surface area contributed by atoms with Crippen LogP contribution >= 0.6 is 0 Å². The third-order valence-electron chi connectivity index (χ3n) is 5.10. The van der Waals surface area contributed by atoms with Crippen LogP contribution in [0.4, 0.5) is 0 Å². The monoisotopic (exact) mass is 362 g/mol. The van der Waals surface area contributed by atoms with Crippen molar-refractivity contribution in [2.75, 3.05) is 6.54 Å². The predicted molar refractivity (Wildman–Crippen MR) is 93.9 cm³/mol. The van der Waals surface area contributed by atoms with E-state index in [0.717, 1.165) is 25.7 Å². The van der Waals surface area contributed by atoms with Crippen LogP contribution in [0, 0.1) is 5.92 Å². The van der Waals surface area contributed by atoms with Crippen molar-refractivity contribution in [1.82, 2.24) is 10.3 Å². The summed E-state index contributed by atoms with van der Waals surface area (Å²) in [5, 5.41) is 11.5. The Morgan fingerprint density at radius 3 is 2.92 bits per heavy atom. The number of ether oxygens (including phenoxy) is 1. The number of aromatic nitrogens is 1. The Hall–Kier alpha value is -2.15. The summed E-state index contributed by atoms with van der Waals surface area (Å²) >= 11 is 0. The molecule has 2 N–H and O–H groups in total. The summed E-state index contributed by atoms with van der Waals surface area (Å²) in [7, 11) is 0. The number of carboxylic acids is 1. The van der Waals surface area contributed by atoms with Crippen molar-refractivity contribution < 1.29 is 23.8 Å². The van der Waals surface area contributed by atoms with Crippen LogP contribution in [0.15, 0.2) is 22.8 Å². The van der Waals surface area contributed by atoms with Crippen molar-refractivity contribution in [2.45, 2.75) is 63.6 Å². The number of carboxylic acid groups (broad SMARTS) is 1. The minimum absolute atomic E-state index is 0.0469. The fourth-order valence-corrected chi connectivity index (χ4v) is 3.87. The molecule has 2 fully saturated rings. The summed E-state index contributed by atoms with van der Waals surface area (Å²) < 4.78 is 11.7. The average Bonchev–Trinajstić information content (AvgIpc) is 3.34. The largest absolute Gasteiger partial charge is 0.481 e. The van der Waals surface area contributed by atoms with Crippen LogP contribution < -0.4 is 5.32 Å². The lowest BCUT2D eigenvalue weighted by atomic mass is 9.77. The van der Waals surface area contributed by atoms with Gasteiger partial charge in [-0.15, -0.1) is 0 Å². The summed E-state index contributed by atoms with van der Waals surface area (Å²) in [5.41, 5.74) is 0.312. The predicted octanol–water partition coefficient (Wildman–Crippen LogP) is 2.89. The maximum Gasteiger partial charge on any atom is 0.303 e. The van der Waals surface area contributed by atoms with E-state index >= 15 is 0 Å². The Bertz CT molecular complexity index is 669. The first kappa shape index (κ1) is 18.6.